The third kappa shape index (κ3) is 3.47. The second kappa shape index (κ2) is 6.02. The maximum absolute atomic E-state index is 4.41. The van der Waals surface area contributed by atoms with Crippen LogP contribution in [0.15, 0.2) is 0 Å². The van der Waals surface area contributed by atoms with Crippen LogP contribution in [0.5, 0.6) is 0 Å². The highest BCUT2D eigenvalue weighted by molar-refractivity contribution is 7.80. The molecule has 1 rings (SSSR count). The fourth-order valence-electron chi connectivity index (χ4n) is 2.20. The zero-order valence-electron chi connectivity index (χ0n) is 9.87. The molecule has 84 valence electrons. The molecule has 0 aliphatic carbocycles. The van der Waals surface area contributed by atoms with Gasteiger partial charge in [0.2, 0.25) is 0 Å². The van der Waals surface area contributed by atoms with Crippen molar-refractivity contribution in [1.29, 1.82) is 0 Å². The lowest BCUT2D eigenvalue weighted by Crippen LogP contribution is -2.41. The minimum absolute atomic E-state index is 0.791. The van der Waals surface area contributed by atoms with Crippen LogP contribution < -0.4 is 0 Å². The molecule has 1 nitrogen and oxygen atoms in total. The Hall–Kier alpha value is 0.310. The van der Waals surface area contributed by atoms with Gasteiger partial charge in [-0.2, -0.15) is 12.6 Å². The van der Waals surface area contributed by atoms with Gasteiger partial charge >= 0.3 is 0 Å². The van der Waals surface area contributed by atoms with Crippen LogP contribution >= 0.6 is 12.6 Å². The molecule has 0 aromatic carbocycles. The molecule has 0 aromatic heterocycles. The van der Waals surface area contributed by atoms with Crippen LogP contribution in [-0.4, -0.2) is 30.3 Å². The van der Waals surface area contributed by atoms with Gasteiger partial charge in [-0.05, 0) is 36.5 Å². The first-order chi connectivity index (χ1) is 6.67. The highest BCUT2D eigenvalue weighted by Crippen LogP contribution is 2.23. The van der Waals surface area contributed by atoms with Crippen LogP contribution in [0.2, 0.25) is 0 Å². The van der Waals surface area contributed by atoms with Gasteiger partial charge in [0.05, 0.1) is 0 Å². The fraction of sp³-hybridized carbons (Fsp3) is 1.00. The zero-order chi connectivity index (χ0) is 10.6. The SMILES string of the molecule is CCC(CS)CN1CCC(C)C(C)C1. The maximum Gasteiger partial charge on any atom is 0.00175 e. The molecule has 3 unspecified atom stereocenters. The summed E-state index contributed by atoms with van der Waals surface area (Å²) < 4.78 is 0. The fourth-order valence-corrected chi connectivity index (χ4v) is 2.57. The largest absolute Gasteiger partial charge is 0.303 e. The molecule has 0 radical (unpaired) electrons. The predicted molar refractivity (Wildman–Crippen MR) is 67.0 cm³/mol. The summed E-state index contributed by atoms with van der Waals surface area (Å²) in [6, 6.07) is 0. The van der Waals surface area contributed by atoms with Gasteiger partial charge in [0.1, 0.15) is 0 Å². The summed E-state index contributed by atoms with van der Waals surface area (Å²) in [7, 11) is 0. The summed E-state index contributed by atoms with van der Waals surface area (Å²) >= 11 is 4.41. The number of likely N-dealkylation sites (tertiary alicyclic amines) is 1. The van der Waals surface area contributed by atoms with Crippen molar-refractivity contribution < 1.29 is 0 Å². The van der Waals surface area contributed by atoms with Gasteiger partial charge in [-0.15, -0.1) is 0 Å². The van der Waals surface area contributed by atoms with Crippen molar-refractivity contribution >= 4 is 12.6 Å². The summed E-state index contributed by atoms with van der Waals surface area (Å²) in [5.74, 6) is 3.62. The molecule has 1 saturated heterocycles. The Labute approximate surface area is 94.7 Å². The van der Waals surface area contributed by atoms with Crippen LogP contribution in [0.3, 0.4) is 0 Å². The van der Waals surface area contributed by atoms with Crippen molar-refractivity contribution in [1.82, 2.24) is 4.90 Å². The van der Waals surface area contributed by atoms with Gasteiger partial charge in [-0.25, -0.2) is 0 Å². The minimum Gasteiger partial charge on any atom is -0.303 e. The highest BCUT2D eigenvalue weighted by atomic mass is 32.1. The number of rotatable bonds is 4. The molecule has 0 amide bonds. The normalized spacial score (nSPS) is 31.7. The van der Waals surface area contributed by atoms with Crippen molar-refractivity contribution in [2.75, 3.05) is 25.4 Å². The Balaban J connectivity index is 2.32. The number of hydrogen-bond acceptors (Lipinski definition) is 2. The standard InChI is InChI=1S/C12H25NS/c1-4-12(9-14)8-13-6-5-10(2)11(3)7-13/h10-12,14H,4-9H2,1-3H3. The Morgan fingerprint density at radius 2 is 2.07 bits per heavy atom. The molecule has 2 heteroatoms. The number of piperidine rings is 1. The lowest BCUT2D eigenvalue weighted by Gasteiger charge is -2.36. The minimum atomic E-state index is 0.791. The van der Waals surface area contributed by atoms with Crippen LogP contribution in [0.4, 0.5) is 0 Å². The van der Waals surface area contributed by atoms with Crippen molar-refractivity contribution in [3.8, 4) is 0 Å². The zero-order valence-corrected chi connectivity index (χ0v) is 10.8. The molecule has 0 saturated carbocycles. The predicted octanol–water partition coefficient (Wildman–Crippen LogP) is 2.92. The molecule has 0 spiro atoms. The molecule has 0 bridgehead atoms. The molecular formula is C12H25NS. The van der Waals surface area contributed by atoms with E-state index in [2.05, 4.69) is 38.3 Å². The summed E-state index contributed by atoms with van der Waals surface area (Å²) in [6.07, 6.45) is 2.65. The highest BCUT2D eigenvalue weighted by Gasteiger charge is 2.23. The van der Waals surface area contributed by atoms with Gasteiger partial charge < -0.3 is 4.90 Å². The molecule has 1 aliphatic rings. The van der Waals surface area contributed by atoms with Gasteiger partial charge in [-0.1, -0.05) is 27.2 Å². The second-order valence-electron chi connectivity index (χ2n) is 4.96. The average Bonchev–Trinajstić information content (AvgIpc) is 2.19. The molecule has 0 N–H and O–H groups in total. The smallest absolute Gasteiger partial charge is 0.00175 e. The Morgan fingerprint density at radius 3 is 2.57 bits per heavy atom. The van der Waals surface area contributed by atoms with E-state index < -0.39 is 0 Å². The van der Waals surface area contributed by atoms with Crippen LogP contribution in [0, 0.1) is 17.8 Å². The molecular weight excluding hydrogens is 190 g/mol. The first kappa shape index (κ1) is 12.4. The van der Waals surface area contributed by atoms with E-state index in [1.165, 1.54) is 32.5 Å². The molecule has 1 fully saturated rings. The summed E-state index contributed by atoms with van der Waals surface area (Å²) in [6.45, 7) is 10.9. The summed E-state index contributed by atoms with van der Waals surface area (Å²) in [5.41, 5.74) is 0. The number of thiol groups is 1. The van der Waals surface area contributed by atoms with Gasteiger partial charge in [-0.3, -0.25) is 0 Å². The van der Waals surface area contributed by atoms with E-state index in [4.69, 9.17) is 0 Å². The Kier molecular flexibility index (Phi) is 5.32. The van der Waals surface area contributed by atoms with E-state index in [0.717, 1.165) is 23.5 Å². The third-order valence-corrected chi connectivity index (χ3v) is 4.29. The Morgan fingerprint density at radius 1 is 1.36 bits per heavy atom. The van der Waals surface area contributed by atoms with Gasteiger partial charge in [0.25, 0.3) is 0 Å². The molecule has 0 aromatic rings. The van der Waals surface area contributed by atoms with E-state index in [9.17, 15) is 0 Å². The summed E-state index contributed by atoms with van der Waals surface area (Å²) in [5, 5.41) is 0. The lowest BCUT2D eigenvalue weighted by atomic mass is 9.88. The number of hydrogen-bond donors (Lipinski definition) is 1. The van der Waals surface area contributed by atoms with Crippen molar-refractivity contribution in [3.63, 3.8) is 0 Å². The topological polar surface area (TPSA) is 3.24 Å². The first-order valence-corrected chi connectivity index (χ1v) is 6.63. The van der Waals surface area contributed by atoms with Crippen molar-refractivity contribution in [2.45, 2.75) is 33.6 Å². The third-order valence-electron chi connectivity index (χ3n) is 3.77. The van der Waals surface area contributed by atoms with Crippen LogP contribution in [-0.2, 0) is 0 Å². The maximum atomic E-state index is 4.41. The van der Waals surface area contributed by atoms with Crippen molar-refractivity contribution in [3.05, 3.63) is 0 Å². The van der Waals surface area contributed by atoms with E-state index in [1.54, 1.807) is 0 Å². The second-order valence-corrected chi connectivity index (χ2v) is 5.32. The van der Waals surface area contributed by atoms with Crippen LogP contribution in [0.25, 0.3) is 0 Å². The molecule has 1 aliphatic heterocycles. The Bertz CT molecular complexity index is 156. The quantitative estimate of drug-likeness (QED) is 0.706. The molecule has 3 atom stereocenters. The average molecular weight is 215 g/mol. The van der Waals surface area contributed by atoms with E-state index in [0.29, 0.717) is 0 Å². The molecule has 1 heterocycles. The number of nitrogens with zero attached hydrogens (tertiary/aromatic N) is 1. The van der Waals surface area contributed by atoms with Crippen LogP contribution in [0.1, 0.15) is 33.6 Å². The van der Waals surface area contributed by atoms with E-state index in [1.807, 2.05) is 0 Å². The lowest BCUT2D eigenvalue weighted by molar-refractivity contribution is 0.123. The monoisotopic (exact) mass is 215 g/mol. The van der Waals surface area contributed by atoms with Crippen molar-refractivity contribution in [2.24, 2.45) is 17.8 Å². The van der Waals surface area contributed by atoms with E-state index >= 15 is 0 Å². The van der Waals surface area contributed by atoms with E-state index in [-0.39, 0.29) is 0 Å². The molecule has 14 heavy (non-hydrogen) atoms. The van der Waals surface area contributed by atoms with Gasteiger partial charge in [0.15, 0.2) is 0 Å². The van der Waals surface area contributed by atoms with Gasteiger partial charge in [0, 0.05) is 13.1 Å². The first-order valence-electron chi connectivity index (χ1n) is 6.00. The summed E-state index contributed by atoms with van der Waals surface area (Å²) in [4.78, 5) is 2.63.